The van der Waals surface area contributed by atoms with Gasteiger partial charge in [-0.05, 0) is 29.8 Å². The van der Waals surface area contributed by atoms with Gasteiger partial charge in [-0.25, -0.2) is 9.82 Å². The van der Waals surface area contributed by atoms with E-state index >= 15 is 0 Å². The number of halogens is 1. The van der Waals surface area contributed by atoms with Crippen LogP contribution in [0.2, 0.25) is 0 Å². The summed E-state index contributed by atoms with van der Waals surface area (Å²) in [5.74, 6) is -0.553. The fourth-order valence-corrected chi connectivity index (χ4v) is 2.74. The number of carbonyl (C=O) groups is 1. The first-order chi connectivity index (χ1) is 12.1. The van der Waals surface area contributed by atoms with Gasteiger partial charge in [-0.2, -0.15) is 5.10 Å². The fourth-order valence-electron chi connectivity index (χ4n) is 2.01. The van der Waals surface area contributed by atoms with E-state index in [0.29, 0.717) is 11.4 Å². The average Bonchev–Trinajstić information content (AvgIpc) is 2.62. The van der Waals surface area contributed by atoms with Crippen molar-refractivity contribution in [2.75, 3.05) is 30.9 Å². The van der Waals surface area contributed by atoms with Gasteiger partial charge in [-0.1, -0.05) is 24.3 Å². The Hall–Kier alpha value is -2.38. The molecule has 25 heavy (non-hydrogen) atoms. The minimum atomic E-state index is -0.338. The summed E-state index contributed by atoms with van der Waals surface area (Å²) in [6.07, 6.45) is 1.54. The molecule has 0 unspecified atom stereocenters. The molecule has 2 N–H and O–H groups in total. The molecule has 7 heteroatoms. The van der Waals surface area contributed by atoms with Crippen molar-refractivity contribution in [1.82, 2.24) is 5.43 Å². The molecule has 5 nitrogen and oxygen atoms in total. The number of benzene rings is 2. The molecule has 0 saturated carbocycles. The largest absolute Gasteiger partial charge is 0.395 e. The summed E-state index contributed by atoms with van der Waals surface area (Å²) in [5.41, 5.74) is 4.24. The number of nitrogens with one attached hydrogen (secondary N) is 1. The van der Waals surface area contributed by atoms with Crippen LogP contribution in [0.4, 0.5) is 10.1 Å². The predicted octanol–water partition coefficient (Wildman–Crippen LogP) is 2.50. The molecule has 0 saturated heterocycles. The molecule has 0 aliphatic heterocycles. The molecule has 132 valence electrons. The maximum absolute atomic E-state index is 13.5. The van der Waals surface area contributed by atoms with Crippen LogP contribution in [0.15, 0.2) is 58.5 Å². The van der Waals surface area contributed by atoms with Crippen molar-refractivity contribution in [3.63, 3.8) is 0 Å². The quantitative estimate of drug-likeness (QED) is 0.431. The Balaban J connectivity index is 1.80. The molecule has 2 rings (SSSR count). The highest BCUT2D eigenvalue weighted by Gasteiger charge is 2.05. The minimum absolute atomic E-state index is 0.0865. The molecular formula is C18H20FN3O2S. The number of thioether (sulfide) groups is 1. The second kappa shape index (κ2) is 9.80. The monoisotopic (exact) mass is 361 g/mol. The lowest BCUT2D eigenvalue weighted by molar-refractivity contribution is -0.118. The summed E-state index contributed by atoms with van der Waals surface area (Å²) in [4.78, 5) is 14.1. The van der Waals surface area contributed by atoms with Crippen LogP contribution in [0.25, 0.3) is 0 Å². The third kappa shape index (κ3) is 6.21. The van der Waals surface area contributed by atoms with Crippen LogP contribution in [-0.4, -0.2) is 43.2 Å². The maximum atomic E-state index is 13.5. The van der Waals surface area contributed by atoms with Gasteiger partial charge in [0.25, 0.3) is 0 Å². The molecule has 0 spiro atoms. The number of anilines is 1. The highest BCUT2D eigenvalue weighted by Crippen LogP contribution is 2.20. The summed E-state index contributed by atoms with van der Waals surface area (Å²) in [7, 11) is 1.90. The number of aliphatic hydroxyl groups excluding tert-OH is 1. The Kier molecular flexibility index (Phi) is 7.43. The van der Waals surface area contributed by atoms with E-state index < -0.39 is 0 Å². The number of aliphatic hydroxyl groups is 1. The second-order valence-corrected chi connectivity index (χ2v) is 6.27. The summed E-state index contributed by atoms with van der Waals surface area (Å²) in [5, 5.41) is 12.8. The molecule has 0 bridgehead atoms. The average molecular weight is 361 g/mol. The number of hydrazone groups is 1. The lowest BCUT2D eigenvalue weighted by Gasteiger charge is -2.17. The summed E-state index contributed by atoms with van der Waals surface area (Å²) in [6, 6.07) is 13.9. The summed E-state index contributed by atoms with van der Waals surface area (Å²) in [6.45, 7) is 0.653. The lowest BCUT2D eigenvalue weighted by Crippen LogP contribution is -2.21. The smallest absolute Gasteiger partial charge is 0.250 e. The first kappa shape index (κ1) is 19.0. The third-order valence-electron chi connectivity index (χ3n) is 3.37. The molecular weight excluding hydrogens is 341 g/mol. The van der Waals surface area contributed by atoms with Crippen LogP contribution < -0.4 is 10.3 Å². The van der Waals surface area contributed by atoms with E-state index in [-0.39, 0.29) is 24.1 Å². The van der Waals surface area contributed by atoms with Gasteiger partial charge in [0.1, 0.15) is 5.82 Å². The highest BCUT2D eigenvalue weighted by molar-refractivity contribution is 8.00. The van der Waals surface area contributed by atoms with Gasteiger partial charge in [-0.15, -0.1) is 11.8 Å². The Labute approximate surface area is 150 Å². The predicted molar refractivity (Wildman–Crippen MR) is 99.7 cm³/mol. The Morgan fingerprint density at radius 1 is 1.28 bits per heavy atom. The van der Waals surface area contributed by atoms with Gasteiger partial charge in [0.15, 0.2) is 0 Å². The van der Waals surface area contributed by atoms with Gasteiger partial charge in [0.05, 0.1) is 18.6 Å². The minimum Gasteiger partial charge on any atom is -0.395 e. The zero-order valence-electron chi connectivity index (χ0n) is 13.9. The van der Waals surface area contributed by atoms with Gasteiger partial charge in [-0.3, -0.25) is 4.79 Å². The maximum Gasteiger partial charge on any atom is 0.250 e. The molecule has 0 aromatic heterocycles. The lowest BCUT2D eigenvalue weighted by atomic mass is 10.2. The first-order valence-electron chi connectivity index (χ1n) is 7.71. The molecule has 0 atom stereocenters. The number of amides is 1. The van der Waals surface area contributed by atoms with E-state index in [4.69, 9.17) is 5.11 Å². The fraction of sp³-hybridized carbons (Fsp3) is 0.222. The summed E-state index contributed by atoms with van der Waals surface area (Å²) < 4.78 is 13.5. The van der Waals surface area contributed by atoms with E-state index in [1.807, 2.05) is 36.2 Å². The third-order valence-corrected chi connectivity index (χ3v) is 4.42. The van der Waals surface area contributed by atoms with Crippen molar-refractivity contribution in [2.45, 2.75) is 4.90 Å². The first-order valence-corrected chi connectivity index (χ1v) is 8.70. The van der Waals surface area contributed by atoms with Gasteiger partial charge in [0, 0.05) is 24.2 Å². The number of hydrogen-bond donors (Lipinski definition) is 2. The Morgan fingerprint density at radius 2 is 2.00 bits per heavy atom. The van der Waals surface area contributed by atoms with Gasteiger partial charge in [0.2, 0.25) is 5.91 Å². The number of hydrogen-bond acceptors (Lipinski definition) is 5. The number of rotatable bonds is 8. The standard InChI is InChI=1S/C18H20FN3O2S/c1-22(10-11-23)15-8-6-14(7-9-15)12-20-21-18(24)13-25-17-5-3-2-4-16(17)19/h2-9,12,23H,10-11,13H2,1H3,(H,21,24)/b20-12+. The van der Waals surface area contributed by atoms with E-state index in [1.54, 1.807) is 24.4 Å². The molecule has 0 heterocycles. The Morgan fingerprint density at radius 3 is 2.68 bits per heavy atom. The molecule has 0 aliphatic carbocycles. The SMILES string of the molecule is CN(CCO)c1ccc(/C=N/NC(=O)CSc2ccccc2F)cc1. The van der Waals surface area contributed by atoms with E-state index in [1.165, 1.54) is 6.07 Å². The van der Waals surface area contributed by atoms with Crippen LogP contribution in [0.1, 0.15) is 5.56 Å². The van der Waals surface area contributed by atoms with Crippen molar-refractivity contribution in [1.29, 1.82) is 0 Å². The van der Waals surface area contributed by atoms with Crippen molar-refractivity contribution >= 4 is 29.6 Å². The second-order valence-electron chi connectivity index (χ2n) is 5.25. The number of likely N-dealkylation sites (N-methyl/N-ethyl adjacent to an activating group) is 1. The Bertz CT molecular complexity index is 723. The molecule has 0 aliphatic rings. The van der Waals surface area contributed by atoms with Crippen LogP contribution in [0.5, 0.6) is 0 Å². The van der Waals surface area contributed by atoms with Gasteiger partial charge >= 0.3 is 0 Å². The van der Waals surface area contributed by atoms with Crippen molar-refractivity contribution in [3.05, 3.63) is 59.9 Å². The van der Waals surface area contributed by atoms with Crippen LogP contribution >= 0.6 is 11.8 Å². The van der Waals surface area contributed by atoms with Crippen LogP contribution in [0.3, 0.4) is 0 Å². The van der Waals surface area contributed by atoms with Crippen molar-refractivity contribution < 1.29 is 14.3 Å². The summed E-state index contributed by atoms with van der Waals surface area (Å²) >= 11 is 1.12. The highest BCUT2D eigenvalue weighted by atomic mass is 32.2. The molecule has 0 radical (unpaired) electrons. The normalized spacial score (nSPS) is 10.8. The van der Waals surface area contributed by atoms with Crippen molar-refractivity contribution in [3.8, 4) is 0 Å². The van der Waals surface area contributed by atoms with E-state index in [0.717, 1.165) is 23.0 Å². The number of nitrogens with zero attached hydrogens (tertiary/aromatic N) is 2. The zero-order chi connectivity index (χ0) is 18.1. The molecule has 1 amide bonds. The van der Waals surface area contributed by atoms with E-state index in [2.05, 4.69) is 10.5 Å². The van der Waals surface area contributed by atoms with Gasteiger partial charge < -0.3 is 10.0 Å². The molecule has 0 fully saturated rings. The number of carbonyl (C=O) groups excluding carboxylic acids is 1. The zero-order valence-corrected chi connectivity index (χ0v) is 14.7. The van der Waals surface area contributed by atoms with E-state index in [9.17, 15) is 9.18 Å². The van der Waals surface area contributed by atoms with Crippen molar-refractivity contribution in [2.24, 2.45) is 5.10 Å². The molecule has 2 aromatic rings. The molecule has 2 aromatic carbocycles. The van der Waals surface area contributed by atoms with Crippen LogP contribution in [0, 0.1) is 5.82 Å². The van der Waals surface area contributed by atoms with Crippen LogP contribution in [-0.2, 0) is 4.79 Å². The topological polar surface area (TPSA) is 64.9 Å².